The van der Waals surface area contributed by atoms with E-state index in [4.69, 9.17) is 0 Å². The molecule has 0 unspecified atom stereocenters. The quantitative estimate of drug-likeness (QED) is 0.325. The van der Waals surface area contributed by atoms with Crippen LogP contribution in [0, 0.1) is 11.6 Å². The van der Waals surface area contributed by atoms with Crippen molar-refractivity contribution >= 4 is 17.0 Å². The Morgan fingerprint density at radius 1 is 0.971 bits per heavy atom. The molecule has 2 aromatic carbocycles. The highest BCUT2D eigenvalue weighted by Gasteiger charge is 2.30. The van der Waals surface area contributed by atoms with Gasteiger partial charge in [0.25, 0.3) is 5.56 Å². The molecular formula is C23H17F5N4O3. The van der Waals surface area contributed by atoms with Crippen LogP contribution in [0.5, 0.6) is 0 Å². The third-order valence-corrected chi connectivity index (χ3v) is 5.26. The minimum atomic E-state index is -4.59. The highest BCUT2D eigenvalue weighted by atomic mass is 19.4. The molecule has 7 nitrogen and oxygen atoms in total. The topological polar surface area (TPSA) is 91.5 Å². The van der Waals surface area contributed by atoms with Crippen LogP contribution in [0.25, 0.3) is 28.0 Å². The van der Waals surface area contributed by atoms with Crippen LogP contribution >= 0.6 is 0 Å². The molecule has 0 aliphatic heterocycles. The van der Waals surface area contributed by atoms with E-state index in [9.17, 15) is 37.0 Å². The third-order valence-electron chi connectivity index (χ3n) is 5.26. The summed E-state index contributed by atoms with van der Waals surface area (Å²) in [6, 6.07) is 9.23. The summed E-state index contributed by atoms with van der Waals surface area (Å²) in [6.07, 6.45) is -6.62. The monoisotopic (exact) mass is 492 g/mol. The van der Waals surface area contributed by atoms with Gasteiger partial charge in [-0.15, -0.1) is 0 Å². The molecule has 35 heavy (non-hydrogen) atoms. The van der Waals surface area contributed by atoms with Crippen LogP contribution in [0.4, 0.5) is 27.9 Å². The van der Waals surface area contributed by atoms with Crippen LogP contribution in [-0.2, 0) is 6.18 Å². The van der Waals surface area contributed by atoms with Crippen LogP contribution in [0.1, 0.15) is 12.5 Å². The highest BCUT2D eigenvalue weighted by Crippen LogP contribution is 2.32. The number of alkyl halides is 3. The number of aliphatic hydroxyl groups is 2. The van der Waals surface area contributed by atoms with Gasteiger partial charge in [0.05, 0.1) is 16.9 Å². The molecular weight excluding hydrogens is 475 g/mol. The van der Waals surface area contributed by atoms with E-state index in [0.717, 1.165) is 51.9 Å². The van der Waals surface area contributed by atoms with Gasteiger partial charge in [-0.1, -0.05) is 0 Å². The maximum atomic E-state index is 14.0. The molecule has 0 aliphatic carbocycles. The molecule has 0 aliphatic rings. The van der Waals surface area contributed by atoms with Crippen molar-refractivity contribution in [1.82, 2.24) is 14.5 Å². The zero-order chi connectivity index (χ0) is 25.5. The number of anilines is 1. The smallest absolute Gasteiger partial charge is 0.351 e. The lowest BCUT2D eigenvalue weighted by molar-refractivity contribution is -0.137. The van der Waals surface area contributed by atoms with Gasteiger partial charge in [0.1, 0.15) is 0 Å². The molecule has 0 spiro atoms. The first-order chi connectivity index (χ1) is 16.5. The van der Waals surface area contributed by atoms with Crippen molar-refractivity contribution in [2.24, 2.45) is 0 Å². The second-order valence-corrected chi connectivity index (χ2v) is 7.42. The number of aromatic nitrogens is 3. The molecule has 2 heterocycles. The zero-order valence-corrected chi connectivity index (χ0v) is 18.0. The fourth-order valence-corrected chi connectivity index (χ4v) is 3.55. The van der Waals surface area contributed by atoms with E-state index < -0.39 is 35.3 Å². The van der Waals surface area contributed by atoms with Crippen molar-refractivity contribution in [2.45, 2.75) is 19.5 Å². The summed E-state index contributed by atoms with van der Waals surface area (Å²) in [7, 11) is 0. The number of rotatable bonds is 5. The standard InChI is InChI=1S/C23H17F5N4O3/c1-2-31(22(34)35)21-29-19(12-3-9-16(24)17(25)11-12)15-8-10-18(33)32(20(15)30-21)14-6-4-13(5-7-14)23(26,27)28/h3-11,22,34-35H,2H2,1H3. The van der Waals surface area contributed by atoms with Crippen molar-refractivity contribution in [1.29, 1.82) is 0 Å². The van der Waals surface area contributed by atoms with E-state index in [0.29, 0.717) is 0 Å². The molecule has 0 saturated carbocycles. The average molecular weight is 492 g/mol. The predicted molar refractivity (Wildman–Crippen MR) is 117 cm³/mol. The van der Waals surface area contributed by atoms with Gasteiger partial charge >= 0.3 is 6.18 Å². The Bertz CT molecular complexity index is 1450. The van der Waals surface area contributed by atoms with Crippen molar-refractivity contribution in [3.05, 3.63) is 82.1 Å². The Labute approximate surface area is 194 Å². The molecule has 0 saturated heterocycles. The van der Waals surface area contributed by atoms with Gasteiger partial charge < -0.3 is 10.2 Å². The predicted octanol–water partition coefficient (Wildman–Crippen LogP) is 3.84. The van der Waals surface area contributed by atoms with Crippen molar-refractivity contribution < 1.29 is 32.2 Å². The van der Waals surface area contributed by atoms with E-state index in [-0.39, 0.29) is 40.5 Å². The second kappa shape index (κ2) is 9.04. The van der Waals surface area contributed by atoms with Crippen LogP contribution in [0.3, 0.4) is 0 Å². The Kier molecular flexibility index (Phi) is 6.26. The van der Waals surface area contributed by atoms with E-state index >= 15 is 0 Å². The van der Waals surface area contributed by atoms with Gasteiger partial charge in [0, 0.05) is 23.6 Å². The molecule has 0 fully saturated rings. The Morgan fingerprint density at radius 2 is 1.66 bits per heavy atom. The summed E-state index contributed by atoms with van der Waals surface area (Å²) in [6.45, 7) is 1.58. The van der Waals surface area contributed by atoms with Gasteiger partial charge in [-0.05, 0) is 55.5 Å². The lowest BCUT2D eigenvalue weighted by atomic mass is 10.1. The summed E-state index contributed by atoms with van der Waals surface area (Å²) >= 11 is 0. The van der Waals surface area contributed by atoms with Gasteiger partial charge in [-0.25, -0.2) is 13.8 Å². The average Bonchev–Trinajstić information content (AvgIpc) is 2.80. The fraction of sp³-hybridized carbons (Fsp3) is 0.174. The molecule has 0 amide bonds. The molecule has 182 valence electrons. The number of nitrogens with zero attached hydrogens (tertiary/aromatic N) is 4. The highest BCUT2D eigenvalue weighted by molar-refractivity contribution is 5.92. The number of fused-ring (bicyclic) bond motifs is 1. The van der Waals surface area contributed by atoms with Gasteiger partial charge in [0.15, 0.2) is 17.3 Å². The third kappa shape index (κ3) is 4.57. The number of aliphatic hydroxyl groups excluding tert-OH is 1. The minimum absolute atomic E-state index is 0.0116. The lowest BCUT2D eigenvalue weighted by Crippen LogP contribution is -2.36. The molecule has 4 aromatic rings. The largest absolute Gasteiger partial charge is 0.416 e. The van der Waals surface area contributed by atoms with E-state index in [1.54, 1.807) is 6.92 Å². The zero-order valence-electron chi connectivity index (χ0n) is 18.0. The Morgan fingerprint density at radius 3 is 2.23 bits per heavy atom. The van der Waals surface area contributed by atoms with E-state index in [1.807, 2.05) is 0 Å². The van der Waals surface area contributed by atoms with E-state index in [1.165, 1.54) is 12.1 Å². The van der Waals surface area contributed by atoms with Crippen LogP contribution < -0.4 is 10.5 Å². The maximum Gasteiger partial charge on any atom is 0.416 e. The molecule has 12 heteroatoms. The summed E-state index contributed by atoms with van der Waals surface area (Å²) in [4.78, 5) is 22.3. The Hall–Kier alpha value is -3.90. The molecule has 0 radical (unpaired) electrons. The first-order valence-corrected chi connectivity index (χ1v) is 10.2. The molecule has 2 aromatic heterocycles. The summed E-state index contributed by atoms with van der Waals surface area (Å²) < 4.78 is 67.6. The minimum Gasteiger partial charge on any atom is -0.351 e. The SMILES string of the molecule is CCN(c1nc(-c2ccc(F)c(F)c2)c2ccc(=O)n(-c3ccc(C(F)(F)F)cc3)c2n1)C(O)O. The first-order valence-electron chi connectivity index (χ1n) is 10.2. The molecule has 2 N–H and O–H groups in total. The van der Waals surface area contributed by atoms with Gasteiger partial charge in [-0.2, -0.15) is 18.2 Å². The van der Waals surface area contributed by atoms with E-state index in [2.05, 4.69) is 9.97 Å². The maximum absolute atomic E-state index is 14.0. The lowest BCUT2D eigenvalue weighted by Gasteiger charge is -2.24. The van der Waals surface area contributed by atoms with Gasteiger partial charge in [-0.3, -0.25) is 14.3 Å². The molecule has 0 bridgehead atoms. The van der Waals surface area contributed by atoms with Crippen LogP contribution in [-0.4, -0.2) is 37.7 Å². The van der Waals surface area contributed by atoms with Crippen molar-refractivity contribution in [2.75, 3.05) is 11.4 Å². The summed E-state index contributed by atoms with van der Waals surface area (Å²) in [5, 5.41) is 19.7. The number of halogens is 5. The Balaban J connectivity index is 2.05. The van der Waals surface area contributed by atoms with Gasteiger partial charge in [0.2, 0.25) is 12.4 Å². The number of hydrogen-bond acceptors (Lipinski definition) is 6. The summed E-state index contributed by atoms with van der Waals surface area (Å²) in [5.74, 6) is -2.53. The second-order valence-electron chi connectivity index (χ2n) is 7.42. The van der Waals surface area contributed by atoms with Crippen molar-refractivity contribution in [3.63, 3.8) is 0 Å². The summed E-state index contributed by atoms with van der Waals surface area (Å²) in [5.41, 5.74) is -1.50. The van der Waals surface area contributed by atoms with Crippen molar-refractivity contribution in [3.8, 4) is 16.9 Å². The number of hydrogen-bond donors (Lipinski definition) is 2. The number of pyridine rings is 1. The van der Waals surface area contributed by atoms with Crippen LogP contribution in [0.15, 0.2) is 59.4 Å². The van der Waals surface area contributed by atoms with Crippen LogP contribution in [0.2, 0.25) is 0 Å². The molecule has 4 rings (SSSR count). The normalized spacial score (nSPS) is 11.9. The first kappa shape index (κ1) is 24.2. The number of benzene rings is 2. The molecule has 0 atom stereocenters. The fourth-order valence-electron chi connectivity index (χ4n) is 3.55.